The van der Waals surface area contributed by atoms with E-state index in [4.69, 9.17) is 4.74 Å². The Kier molecular flexibility index (Phi) is 5.89. The van der Waals surface area contributed by atoms with Gasteiger partial charge in [-0.1, -0.05) is 57.2 Å². The van der Waals surface area contributed by atoms with Gasteiger partial charge in [0.15, 0.2) is 6.61 Å². The van der Waals surface area contributed by atoms with E-state index in [2.05, 4.69) is 50.4 Å². The lowest BCUT2D eigenvalue weighted by Crippen LogP contribution is -2.31. The fraction of sp³-hybridized carbons (Fsp3) is 0.409. The molecule has 2 aromatic rings. The van der Waals surface area contributed by atoms with E-state index in [1.807, 2.05) is 39.0 Å². The zero-order valence-electron chi connectivity index (χ0n) is 16.1. The van der Waals surface area contributed by atoms with Crippen LogP contribution in [-0.2, 0) is 10.2 Å². The topological polar surface area (TPSA) is 38.3 Å². The Hall–Kier alpha value is -2.29. The van der Waals surface area contributed by atoms with Crippen molar-refractivity contribution < 1.29 is 9.53 Å². The van der Waals surface area contributed by atoms with Crippen molar-refractivity contribution in [2.75, 3.05) is 6.61 Å². The molecule has 25 heavy (non-hydrogen) atoms. The second-order valence-corrected chi connectivity index (χ2v) is 7.65. The van der Waals surface area contributed by atoms with Crippen LogP contribution in [0.3, 0.4) is 0 Å². The molecule has 1 atom stereocenters. The number of hydrogen-bond acceptors (Lipinski definition) is 2. The monoisotopic (exact) mass is 339 g/mol. The highest BCUT2D eigenvalue weighted by molar-refractivity contribution is 5.78. The van der Waals surface area contributed by atoms with Gasteiger partial charge in [0, 0.05) is 0 Å². The van der Waals surface area contributed by atoms with Gasteiger partial charge in [0.05, 0.1) is 6.04 Å². The average Bonchev–Trinajstić information content (AvgIpc) is 2.55. The summed E-state index contributed by atoms with van der Waals surface area (Å²) in [6.45, 7) is 12.6. The molecule has 0 aromatic heterocycles. The summed E-state index contributed by atoms with van der Waals surface area (Å²) in [7, 11) is 0. The lowest BCUT2D eigenvalue weighted by molar-refractivity contribution is -0.123. The normalized spacial score (nSPS) is 12.6. The fourth-order valence-electron chi connectivity index (χ4n) is 2.66. The molecule has 0 spiro atoms. The first-order valence-electron chi connectivity index (χ1n) is 8.77. The molecule has 0 aliphatic carbocycles. The van der Waals surface area contributed by atoms with Gasteiger partial charge in [0.1, 0.15) is 5.75 Å². The quantitative estimate of drug-likeness (QED) is 0.845. The molecule has 1 N–H and O–H groups in total. The average molecular weight is 339 g/mol. The summed E-state index contributed by atoms with van der Waals surface area (Å²) < 4.78 is 5.67. The standard InChI is InChI=1S/C22H29NO2/c1-15-8-7-9-20(16(15)2)25-14-21(24)23-17(3)18-10-12-19(13-11-18)22(4,5)6/h7-13,17H,14H2,1-6H3,(H,23,24). The number of amides is 1. The van der Waals surface area contributed by atoms with Crippen LogP contribution in [0.5, 0.6) is 5.75 Å². The van der Waals surface area contributed by atoms with Crippen molar-refractivity contribution >= 4 is 5.91 Å². The molecule has 2 rings (SSSR count). The maximum Gasteiger partial charge on any atom is 0.258 e. The van der Waals surface area contributed by atoms with Gasteiger partial charge >= 0.3 is 0 Å². The van der Waals surface area contributed by atoms with Crippen LogP contribution >= 0.6 is 0 Å². The zero-order valence-corrected chi connectivity index (χ0v) is 16.1. The van der Waals surface area contributed by atoms with E-state index >= 15 is 0 Å². The van der Waals surface area contributed by atoms with E-state index in [-0.39, 0.29) is 24.0 Å². The van der Waals surface area contributed by atoms with Crippen LogP contribution in [0.15, 0.2) is 42.5 Å². The molecule has 0 fully saturated rings. The lowest BCUT2D eigenvalue weighted by Gasteiger charge is -2.21. The van der Waals surface area contributed by atoms with Crippen LogP contribution in [0.4, 0.5) is 0 Å². The van der Waals surface area contributed by atoms with E-state index in [0.29, 0.717) is 0 Å². The first kappa shape index (κ1) is 19.0. The molecular weight excluding hydrogens is 310 g/mol. The number of nitrogens with one attached hydrogen (secondary N) is 1. The Balaban J connectivity index is 1.92. The zero-order chi connectivity index (χ0) is 18.6. The molecular formula is C22H29NO2. The van der Waals surface area contributed by atoms with Crippen LogP contribution in [0.2, 0.25) is 0 Å². The summed E-state index contributed by atoms with van der Waals surface area (Å²) in [5.74, 6) is 0.644. The minimum Gasteiger partial charge on any atom is -0.483 e. The molecule has 3 nitrogen and oxygen atoms in total. The maximum atomic E-state index is 12.2. The Morgan fingerprint density at radius 1 is 1.08 bits per heavy atom. The van der Waals surface area contributed by atoms with Crippen LogP contribution in [-0.4, -0.2) is 12.5 Å². The van der Waals surface area contributed by atoms with Crippen molar-refractivity contribution in [2.45, 2.75) is 53.0 Å². The van der Waals surface area contributed by atoms with E-state index < -0.39 is 0 Å². The Bertz CT molecular complexity index is 727. The van der Waals surface area contributed by atoms with Crippen molar-refractivity contribution in [1.29, 1.82) is 0 Å². The molecule has 0 saturated heterocycles. The molecule has 0 radical (unpaired) electrons. The third-order valence-corrected chi connectivity index (χ3v) is 4.57. The predicted octanol–water partition coefficient (Wildman–Crippen LogP) is 4.86. The van der Waals surface area contributed by atoms with Gasteiger partial charge in [0.2, 0.25) is 0 Å². The van der Waals surface area contributed by atoms with Crippen LogP contribution in [0.25, 0.3) is 0 Å². The number of hydrogen-bond donors (Lipinski definition) is 1. The van der Waals surface area contributed by atoms with Crippen molar-refractivity contribution in [3.63, 3.8) is 0 Å². The van der Waals surface area contributed by atoms with Crippen molar-refractivity contribution in [1.82, 2.24) is 5.32 Å². The minimum absolute atomic E-state index is 0.0225. The van der Waals surface area contributed by atoms with Crippen molar-refractivity contribution in [3.8, 4) is 5.75 Å². The number of benzene rings is 2. The van der Waals surface area contributed by atoms with Gasteiger partial charge in [-0.2, -0.15) is 0 Å². The molecule has 134 valence electrons. The SMILES string of the molecule is Cc1cccc(OCC(=O)NC(C)c2ccc(C(C)(C)C)cc2)c1C. The molecule has 0 saturated carbocycles. The van der Waals surface area contributed by atoms with Crippen molar-refractivity contribution in [3.05, 3.63) is 64.7 Å². The molecule has 1 unspecified atom stereocenters. The molecule has 3 heteroatoms. The summed E-state index contributed by atoms with van der Waals surface area (Å²) in [4.78, 5) is 12.2. The van der Waals surface area contributed by atoms with Gasteiger partial charge < -0.3 is 10.1 Å². The molecule has 0 aliphatic heterocycles. The summed E-state index contributed by atoms with van der Waals surface area (Å²) in [6.07, 6.45) is 0. The highest BCUT2D eigenvalue weighted by atomic mass is 16.5. The molecule has 1 amide bonds. The van der Waals surface area contributed by atoms with Gasteiger partial charge in [-0.25, -0.2) is 0 Å². The molecule has 2 aromatic carbocycles. The van der Waals surface area contributed by atoms with E-state index in [1.165, 1.54) is 5.56 Å². The highest BCUT2D eigenvalue weighted by Crippen LogP contribution is 2.24. The number of carbonyl (C=O) groups excluding carboxylic acids is 1. The second-order valence-electron chi connectivity index (χ2n) is 7.65. The predicted molar refractivity (Wildman–Crippen MR) is 103 cm³/mol. The largest absolute Gasteiger partial charge is 0.483 e. The Morgan fingerprint density at radius 3 is 2.32 bits per heavy atom. The maximum absolute atomic E-state index is 12.2. The minimum atomic E-state index is -0.117. The lowest BCUT2D eigenvalue weighted by atomic mass is 9.86. The Morgan fingerprint density at radius 2 is 1.72 bits per heavy atom. The summed E-state index contributed by atoms with van der Waals surface area (Å²) >= 11 is 0. The van der Waals surface area contributed by atoms with Gasteiger partial charge in [0.25, 0.3) is 5.91 Å². The van der Waals surface area contributed by atoms with Crippen LogP contribution < -0.4 is 10.1 Å². The summed E-state index contributed by atoms with van der Waals surface area (Å²) in [5.41, 5.74) is 4.73. The number of ether oxygens (including phenoxy) is 1. The molecule has 0 aliphatic rings. The van der Waals surface area contributed by atoms with Crippen LogP contribution in [0.1, 0.15) is 56.0 Å². The summed E-state index contributed by atoms with van der Waals surface area (Å²) in [6, 6.07) is 14.2. The number of carbonyl (C=O) groups is 1. The summed E-state index contributed by atoms with van der Waals surface area (Å²) in [5, 5.41) is 2.99. The molecule has 0 heterocycles. The highest BCUT2D eigenvalue weighted by Gasteiger charge is 2.15. The number of aryl methyl sites for hydroxylation is 1. The fourth-order valence-corrected chi connectivity index (χ4v) is 2.66. The smallest absolute Gasteiger partial charge is 0.258 e. The number of rotatable bonds is 5. The Labute approximate surface area is 151 Å². The van der Waals surface area contributed by atoms with Gasteiger partial charge in [-0.3, -0.25) is 4.79 Å². The van der Waals surface area contributed by atoms with Gasteiger partial charge in [-0.15, -0.1) is 0 Å². The second kappa shape index (κ2) is 7.73. The van der Waals surface area contributed by atoms with Gasteiger partial charge in [-0.05, 0) is 54.5 Å². The van der Waals surface area contributed by atoms with E-state index in [9.17, 15) is 4.79 Å². The first-order valence-corrected chi connectivity index (χ1v) is 8.77. The van der Waals surface area contributed by atoms with Crippen LogP contribution in [0, 0.1) is 13.8 Å². The van der Waals surface area contributed by atoms with E-state index in [0.717, 1.165) is 22.4 Å². The third-order valence-electron chi connectivity index (χ3n) is 4.57. The first-order chi connectivity index (χ1) is 11.7. The van der Waals surface area contributed by atoms with E-state index in [1.54, 1.807) is 0 Å². The molecule has 0 bridgehead atoms. The third kappa shape index (κ3) is 5.09. The van der Waals surface area contributed by atoms with Crippen molar-refractivity contribution in [2.24, 2.45) is 0 Å².